The minimum Gasteiger partial charge on any atom is -0.465 e. The zero-order valence-electron chi connectivity index (χ0n) is 13.8. The molecule has 0 amide bonds. The van der Waals surface area contributed by atoms with E-state index in [1.165, 1.54) is 24.8 Å². The Morgan fingerprint density at radius 2 is 1.96 bits per heavy atom. The Labute approximate surface area is 144 Å². The summed E-state index contributed by atoms with van der Waals surface area (Å²) in [6.45, 7) is 0.709. The first kappa shape index (κ1) is 16.7. The molecule has 0 spiro atoms. The van der Waals surface area contributed by atoms with E-state index in [9.17, 15) is 14.9 Å². The third kappa shape index (κ3) is 3.52. The van der Waals surface area contributed by atoms with Crippen LogP contribution in [0.4, 0.5) is 5.69 Å². The molecule has 6 nitrogen and oxygen atoms in total. The highest BCUT2D eigenvalue weighted by atomic mass is 16.6. The number of hydrogen-bond donors (Lipinski definition) is 0. The first-order chi connectivity index (χ1) is 12.1. The Kier molecular flexibility index (Phi) is 4.79. The van der Waals surface area contributed by atoms with Crippen LogP contribution in [0, 0.1) is 10.1 Å². The number of carbonyl (C=O) groups excluding carboxylic acids is 1. The van der Waals surface area contributed by atoms with Crippen molar-refractivity contribution in [1.29, 1.82) is 0 Å². The Hall–Kier alpha value is -3.15. The summed E-state index contributed by atoms with van der Waals surface area (Å²) in [5, 5.41) is 11.6. The Balaban J connectivity index is 1.89. The number of ether oxygens (including phenoxy) is 1. The SMILES string of the molecule is COC(=O)c1cn(CCCc2ccccc2)c2ccc([N+](=O)[O-])cc12. The van der Waals surface area contributed by atoms with Crippen molar-refractivity contribution < 1.29 is 14.5 Å². The molecule has 1 heterocycles. The largest absolute Gasteiger partial charge is 0.465 e. The fourth-order valence-electron chi connectivity index (χ4n) is 2.95. The molecule has 1 aromatic heterocycles. The fourth-order valence-corrected chi connectivity index (χ4v) is 2.95. The van der Waals surface area contributed by atoms with Gasteiger partial charge in [0.25, 0.3) is 5.69 Å². The normalized spacial score (nSPS) is 10.8. The van der Waals surface area contributed by atoms with Gasteiger partial charge in [-0.1, -0.05) is 30.3 Å². The number of aryl methyl sites for hydroxylation is 2. The number of non-ortho nitro benzene ring substituents is 1. The molecule has 0 N–H and O–H groups in total. The maximum absolute atomic E-state index is 12.0. The van der Waals surface area contributed by atoms with Crippen LogP contribution in [-0.4, -0.2) is 22.6 Å². The molecule has 25 heavy (non-hydrogen) atoms. The van der Waals surface area contributed by atoms with Crippen molar-refractivity contribution in [3.63, 3.8) is 0 Å². The molecular formula is C19H18N2O4. The van der Waals surface area contributed by atoms with Gasteiger partial charge in [0.15, 0.2) is 0 Å². The second-order valence-electron chi connectivity index (χ2n) is 5.78. The number of methoxy groups -OCH3 is 1. The minimum atomic E-state index is -0.493. The fraction of sp³-hybridized carbons (Fsp3) is 0.211. The predicted octanol–water partition coefficient (Wildman–Crippen LogP) is 3.97. The standard InChI is InChI=1S/C19H18N2O4/c1-25-19(22)17-13-20(11-5-8-14-6-3-2-4-7-14)18-10-9-15(21(23)24)12-16(17)18/h2-4,6-7,9-10,12-13H,5,8,11H2,1H3. The van der Waals surface area contributed by atoms with Gasteiger partial charge >= 0.3 is 5.97 Å². The molecule has 2 aromatic carbocycles. The summed E-state index contributed by atoms with van der Waals surface area (Å²) in [4.78, 5) is 22.6. The zero-order chi connectivity index (χ0) is 17.8. The van der Waals surface area contributed by atoms with E-state index < -0.39 is 10.9 Å². The second kappa shape index (κ2) is 7.17. The average Bonchev–Trinajstić information content (AvgIpc) is 3.00. The molecule has 0 aliphatic heterocycles. The maximum Gasteiger partial charge on any atom is 0.340 e. The second-order valence-corrected chi connectivity index (χ2v) is 5.78. The van der Waals surface area contributed by atoms with Crippen molar-refractivity contribution in [1.82, 2.24) is 4.57 Å². The molecule has 0 unspecified atom stereocenters. The predicted molar refractivity (Wildman–Crippen MR) is 94.7 cm³/mol. The number of carbonyl (C=O) groups is 1. The summed E-state index contributed by atoms with van der Waals surface area (Å²) >= 11 is 0. The van der Waals surface area contributed by atoms with Gasteiger partial charge in [-0.15, -0.1) is 0 Å². The maximum atomic E-state index is 12.0. The van der Waals surface area contributed by atoms with Crippen molar-refractivity contribution in [3.8, 4) is 0 Å². The van der Waals surface area contributed by atoms with E-state index >= 15 is 0 Å². The van der Waals surface area contributed by atoms with Crippen LogP contribution in [0.2, 0.25) is 0 Å². The topological polar surface area (TPSA) is 74.4 Å². The van der Waals surface area contributed by atoms with Crippen molar-refractivity contribution in [3.05, 3.63) is 76.0 Å². The summed E-state index contributed by atoms with van der Waals surface area (Å²) in [7, 11) is 1.30. The lowest BCUT2D eigenvalue weighted by Crippen LogP contribution is -2.01. The van der Waals surface area contributed by atoms with Crippen molar-refractivity contribution in [2.75, 3.05) is 7.11 Å². The van der Waals surface area contributed by atoms with Crippen LogP contribution in [0.15, 0.2) is 54.7 Å². The number of nitrogens with zero attached hydrogens (tertiary/aromatic N) is 2. The van der Waals surface area contributed by atoms with Crippen LogP contribution in [0.3, 0.4) is 0 Å². The monoisotopic (exact) mass is 338 g/mol. The van der Waals surface area contributed by atoms with Crippen molar-refractivity contribution in [2.24, 2.45) is 0 Å². The molecule has 3 aromatic rings. The van der Waals surface area contributed by atoms with E-state index in [4.69, 9.17) is 4.74 Å². The van der Waals surface area contributed by atoms with Gasteiger partial charge in [-0.05, 0) is 24.5 Å². The lowest BCUT2D eigenvalue weighted by atomic mass is 10.1. The molecule has 0 atom stereocenters. The van der Waals surface area contributed by atoms with Crippen LogP contribution >= 0.6 is 0 Å². The van der Waals surface area contributed by atoms with Crippen LogP contribution < -0.4 is 0 Å². The first-order valence-electron chi connectivity index (χ1n) is 7.99. The van der Waals surface area contributed by atoms with Crippen LogP contribution in [0.1, 0.15) is 22.3 Å². The van der Waals surface area contributed by atoms with Crippen molar-refractivity contribution >= 4 is 22.6 Å². The van der Waals surface area contributed by atoms with Gasteiger partial charge in [-0.3, -0.25) is 10.1 Å². The average molecular weight is 338 g/mol. The van der Waals surface area contributed by atoms with Gasteiger partial charge in [0.05, 0.1) is 17.6 Å². The number of esters is 1. The van der Waals surface area contributed by atoms with E-state index in [2.05, 4.69) is 12.1 Å². The molecule has 0 bridgehead atoms. The number of fused-ring (bicyclic) bond motifs is 1. The number of hydrogen-bond acceptors (Lipinski definition) is 4. The number of rotatable bonds is 6. The van der Waals surface area contributed by atoms with Gasteiger partial charge < -0.3 is 9.30 Å². The smallest absolute Gasteiger partial charge is 0.340 e. The minimum absolute atomic E-state index is 0.0420. The first-order valence-corrected chi connectivity index (χ1v) is 7.99. The molecule has 6 heteroatoms. The van der Waals surface area contributed by atoms with E-state index in [0.717, 1.165) is 18.4 Å². The lowest BCUT2D eigenvalue weighted by molar-refractivity contribution is -0.384. The number of aromatic nitrogens is 1. The van der Waals surface area contributed by atoms with Crippen molar-refractivity contribution in [2.45, 2.75) is 19.4 Å². The van der Waals surface area contributed by atoms with E-state index in [1.54, 1.807) is 12.3 Å². The number of benzene rings is 2. The highest BCUT2D eigenvalue weighted by Crippen LogP contribution is 2.27. The van der Waals surface area contributed by atoms with Gasteiger partial charge in [-0.25, -0.2) is 4.79 Å². The molecule has 0 saturated heterocycles. The molecular weight excluding hydrogens is 320 g/mol. The van der Waals surface area contributed by atoms with Crippen LogP contribution in [0.25, 0.3) is 10.9 Å². The molecule has 0 fully saturated rings. The summed E-state index contributed by atoms with van der Waals surface area (Å²) in [6, 6.07) is 14.7. The van der Waals surface area contributed by atoms with Gasteiger partial charge in [0.2, 0.25) is 0 Å². The number of nitro groups is 1. The van der Waals surface area contributed by atoms with E-state index in [0.29, 0.717) is 17.5 Å². The van der Waals surface area contributed by atoms with Crippen LogP contribution in [-0.2, 0) is 17.7 Å². The lowest BCUT2D eigenvalue weighted by Gasteiger charge is -2.05. The van der Waals surface area contributed by atoms with Gasteiger partial charge in [0, 0.05) is 35.8 Å². The Morgan fingerprint density at radius 3 is 2.64 bits per heavy atom. The Morgan fingerprint density at radius 1 is 1.20 bits per heavy atom. The third-order valence-corrected chi connectivity index (χ3v) is 4.19. The molecule has 3 rings (SSSR count). The number of nitro benzene ring substituents is 1. The summed E-state index contributed by atoms with van der Waals surface area (Å²) < 4.78 is 6.76. The Bertz CT molecular complexity index is 916. The molecule has 0 aliphatic carbocycles. The quantitative estimate of drug-likeness (QED) is 0.387. The molecule has 128 valence electrons. The van der Waals surface area contributed by atoms with E-state index in [-0.39, 0.29) is 5.69 Å². The van der Waals surface area contributed by atoms with E-state index in [1.807, 2.05) is 22.8 Å². The van der Waals surface area contributed by atoms with Gasteiger partial charge in [0.1, 0.15) is 0 Å². The van der Waals surface area contributed by atoms with Gasteiger partial charge in [-0.2, -0.15) is 0 Å². The molecule has 0 saturated carbocycles. The molecule has 0 aliphatic rings. The van der Waals surface area contributed by atoms with Crippen LogP contribution in [0.5, 0.6) is 0 Å². The highest BCUT2D eigenvalue weighted by molar-refractivity contribution is 6.05. The zero-order valence-corrected chi connectivity index (χ0v) is 13.8. The highest BCUT2D eigenvalue weighted by Gasteiger charge is 2.18. The summed E-state index contributed by atoms with van der Waals surface area (Å²) in [6.07, 6.45) is 3.53. The third-order valence-electron chi connectivity index (χ3n) is 4.19. The summed E-state index contributed by atoms with van der Waals surface area (Å²) in [5.41, 5.74) is 2.35. The molecule has 0 radical (unpaired) electrons. The summed E-state index contributed by atoms with van der Waals surface area (Å²) in [5.74, 6) is -0.493.